The first-order valence-corrected chi connectivity index (χ1v) is 16.4. The van der Waals surface area contributed by atoms with Gasteiger partial charge in [0.1, 0.15) is 6.10 Å². The van der Waals surface area contributed by atoms with Crippen LogP contribution in [0.1, 0.15) is 162 Å². The van der Waals surface area contributed by atoms with Crippen molar-refractivity contribution in [3.8, 4) is 0 Å². The highest BCUT2D eigenvalue weighted by Crippen LogP contribution is 2.11. The lowest BCUT2D eigenvalue weighted by Gasteiger charge is -2.15. The van der Waals surface area contributed by atoms with Crippen molar-refractivity contribution in [2.24, 2.45) is 0 Å². The summed E-state index contributed by atoms with van der Waals surface area (Å²) >= 11 is 0. The van der Waals surface area contributed by atoms with Crippen molar-refractivity contribution in [3.05, 3.63) is 24.3 Å². The molecule has 0 heterocycles. The Labute approximate surface area is 237 Å². The molecule has 0 aliphatic carbocycles. The van der Waals surface area contributed by atoms with Crippen molar-refractivity contribution < 1.29 is 19.4 Å². The average Bonchev–Trinajstić information content (AvgIpc) is 2.92. The number of ether oxygens (including phenoxy) is 2. The molecule has 1 N–H and O–H groups in total. The first-order valence-electron chi connectivity index (χ1n) is 16.4. The first kappa shape index (κ1) is 36.9. The Morgan fingerprint density at radius 2 is 1.05 bits per heavy atom. The molecule has 0 amide bonds. The van der Waals surface area contributed by atoms with Crippen molar-refractivity contribution in [1.29, 1.82) is 0 Å². The van der Waals surface area contributed by atoms with Gasteiger partial charge in [0.2, 0.25) is 0 Å². The highest BCUT2D eigenvalue weighted by Gasteiger charge is 2.13. The molecule has 38 heavy (non-hydrogen) atoms. The standard InChI is InChI=1S/C34H64O4/c1-3-5-7-9-11-13-15-16-17-18-20-22-24-26-28-30-37-32-33(31-35)38-34(36)29-27-25-23-21-19-14-12-10-8-6-4-2/h10,12,15-16,33,35H,3-9,11,13-14,17-32H2,1-2H3/b12-10-,16-15-. The van der Waals surface area contributed by atoms with Crippen molar-refractivity contribution >= 4 is 5.97 Å². The number of carbonyl (C=O) groups is 1. The van der Waals surface area contributed by atoms with Gasteiger partial charge in [-0.15, -0.1) is 0 Å². The van der Waals surface area contributed by atoms with E-state index >= 15 is 0 Å². The van der Waals surface area contributed by atoms with Gasteiger partial charge in [-0.3, -0.25) is 4.79 Å². The van der Waals surface area contributed by atoms with Crippen LogP contribution >= 0.6 is 0 Å². The summed E-state index contributed by atoms with van der Waals surface area (Å²) in [5.74, 6) is -0.215. The van der Waals surface area contributed by atoms with Crippen LogP contribution in [0.15, 0.2) is 24.3 Å². The van der Waals surface area contributed by atoms with Crippen LogP contribution in [0, 0.1) is 0 Å². The van der Waals surface area contributed by atoms with Gasteiger partial charge in [-0.1, -0.05) is 122 Å². The Morgan fingerprint density at radius 3 is 1.58 bits per heavy atom. The molecule has 0 saturated heterocycles. The van der Waals surface area contributed by atoms with E-state index in [2.05, 4.69) is 38.2 Å². The van der Waals surface area contributed by atoms with E-state index in [-0.39, 0.29) is 12.6 Å². The second-order valence-corrected chi connectivity index (χ2v) is 10.9. The molecule has 0 saturated carbocycles. The second kappa shape index (κ2) is 32.1. The Bertz CT molecular complexity index is 529. The Morgan fingerprint density at radius 1 is 0.605 bits per heavy atom. The summed E-state index contributed by atoms with van der Waals surface area (Å²) in [5, 5.41) is 9.50. The number of hydrogen-bond acceptors (Lipinski definition) is 4. The second-order valence-electron chi connectivity index (χ2n) is 10.9. The summed E-state index contributed by atoms with van der Waals surface area (Å²) in [5.41, 5.74) is 0. The third-order valence-electron chi connectivity index (χ3n) is 7.00. The van der Waals surface area contributed by atoms with Gasteiger partial charge in [0, 0.05) is 13.0 Å². The van der Waals surface area contributed by atoms with Gasteiger partial charge in [0.25, 0.3) is 0 Å². The first-order chi connectivity index (χ1) is 18.7. The molecule has 0 aliphatic rings. The summed E-state index contributed by atoms with van der Waals surface area (Å²) in [6, 6.07) is 0. The molecule has 0 aromatic carbocycles. The number of esters is 1. The molecule has 0 spiro atoms. The van der Waals surface area contributed by atoms with Crippen LogP contribution in [0.4, 0.5) is 0 Å². The van der Waals surface area contributed by atoms with Crippen LogP contribution in [0.3, 0.4) is 0 Å². The van der Waals surface area contributed by atoms with Crippen LogP contribution in [0.2, 0.25) is 0 Å². The number of aliphatic hydroxyl groups is 1. The largest absolute Gasteiger partial charge is 0.457 e. The molecule has 4 heteroatoms. The Balaban J connectivity index is 3.46. The van der Waals surface area contributed by atoms with Crippen LogP contribution in [0.25, 0.3) is 0 Å². The maximum Gasteiger partial charge on any atom is 0.306 e. The van der Waals surface area contributed by atoms with Crippen LogP contribution in [-0.4, -0.2) is 37.0 Å². The van der Waals surface area contributed by atoms with Crippen LogP contribution in [0.5, 0.6) is 0 Å². The van der Waals surface area contributed by atoms with Crippen molar-refractivity contribution in [2.75, 3.05) is 19.8 Å². The van der Waals surface area contributed by atoms with E-state index in [1.54, 1.807) is 0 Å². The molecule has 224 valence electrons. The Kier molecular flexibility index (Phi) is 31.1. The molecule has 0 bridgehead atoms. The predicted octanol–water partition coefficient (Wildman–Crippen LogP) is 10.0. The molecule has 0 fully saturated rings. The fraction of sp³-hybridized carbons (Fsp3) is 0.853. The fourth-order valence-corrected chi connectivity index (χ4v) is 4.48. The third kappa shape index (κ3) is 29.4. The van der Waals surface area contributed by atoms with E-state index in [4.69, 9.17) is 9.47 Å². The minimum atomic E-state index is -0.536. The van der Waals surface area contributed by atoms with Gasteiger partial charge >= 0.3 is 5.97 Å². The lowest BCUT2D eigenvalue weighted by atomic mass is 10.1. The topological polar surface area (TPSA) is 55.8 Å². The van der Waals surface area contributed by atoms with E-state index in [9.17, 15) is 9.90 Å². The molecule has 1 unspecified atom stereocenters. The molecule has 0 rings (SSSR count). The predicted molar refractivity (Wildman–Crippen MR) is 164 cm³/mol. The summed E-state index contributed by atoms with van der Waals surface area (Å²) < 4.78 is 11.1. The van der Waals surface area contributed by atoms with E-state index in [1.165, 1.54) is 122 Å². The van der Waals surface area contributed by atoms with Crippen LogP contribution < -0.4 is 0 Å². The van der Waals surface area contributed by atoms with E-state index in [0.29, 0.717) is 19.6 Å². The van der Waals surface area contributed by atoms with Gasteiger partial charge < -0.3 is 14.6 Å². The summed E-state index contributed by atoms with van der Waals surface area (Å²) in [6.07, 6.45) is 36.3. The molecule has 4 nitrogen and oxygen atoms in total. The lowest BCUT2D eigenvalue weighted by Crippen LogP contribution is -2.27. The van der Waals surface area contributed by atoms with E-state index in [1.807, 2.05) is 0 Å². The minimum absolute atomic E-state index is 0.176. The molecule has 0 aromatic heterocycles. The van der Waals surface area contributed by atoms with Crippen molar-refractivity contribution in [3.63, 3.8) is 0 Å². The zero-order chi connectivity index (χ0) is 27.8. The zero-order valence-electron chi connectivity index (χ0n) is 25.4. The number of allylic oxidation sites excluding steroid dienone is 4. The third-order valence-corrected chi connectivity index (χ3v) is 7.00. The maximum atomic E-state index is 12.1. The maximum absolute atomic E-state index is 12.1. The summed E-state index contributed by atoms with van der Waals surface area (Å²) in [4.78, 5) is 12.1. The highest BCUT2D eigenvalue weighted by atomic mass is 16.6. The smallest absolute Gasteiger partial charge is 0.306 e. The highest BCUT2D eigenvalue weighted by molar-refractivity contribution is 5.69. The van der Waals surface area contributed by atoms with Crippen molar-refractivity contribution in [1.82, 2.24) is 0 Å². The summed E-state index contributed by atoms with van der Waals surface area (Å²) in [6.45, 7) is 5.27. The molecule has 0 aromatic rings. The monoisotopic (exact) mass is 536 g/mol. The van der Waals surface area contributed by atoms with E-state index in [0.717, 1.165) is 19.3 Å². The van der Waals surface area contributed by atoms with Gasteiger partial charge in [0.15, 0.2) is 0 Å². The van der Waals surface area contributed by atoms with Gasteiger partial charge in [-0.25, -0.2) is 0 Å². The van der Waals surface area contributed by atoms with Gasteiger partial charge in [0.05, 0.1) is 13.2 Å². The molecule has 1 atom stereocenters. The molecule has 0 radical (unpaired) electrons. The Hall–Kier alpha value is -1.13. The van der Waals surface area contributed by atoms with Crippen LogP contribution in [-0.2, 0) is 14.3 Å². The summed E-state index contributed by atoms with van der Waals surface area (Å²) in [7, 11) is 0. The number of unbranched alkanes of at least 4 members (excludes halogenated alkanes) is 18. The molecule has 0 aliphatic heterocycles. The quantitative estimate of drug-likeness (QED) is 0.0563. The molecular formula is C34H64O4. The number of rotatable bonds is 30. The number of hydrogen-bond donors (Lipinski definition) is 1. The van der Waals surface area contributed by atoms with Gasteiger partial charge in [-0.05, 0) is 57.8 Å². The zero-order valence-corrected chi connectivity index (χ0v) is 25.4. The minimum Gasteiger partial charge on any atom is -0.457 e. The lowest BCUT2D eigenvalue weighted by molar-refractivity contribution is -0.154. The van der Waals surface area contributed by atoms with Gasteiger partial charge in [-0.2, -0.15) is 0 Å². The normalized spacial score (nSPS) is 12.6. The molecular weight excluding hydrogens is 472 g/mol. The number of aliphatic hydroxyl groups excluding tert-OH is 1. The fourth-order valence-electron chi connectivity index (χ4n) is 4.48. The number of carbonyl (C=O) groups excluding carboxylic acids is 1. The average molecular weight is 537 g/mol. The van der Waals surface area contributed by atoms with Crippen molar-refractivity contribution in [2.45, 2.75) is 168 Å². The van der Waals surface area contributed by atoms with E-state index < -0.39 is 6.10 Å². The SMILES string of the molecule is CCCC/C=C\CCCCCCCC(=O)OC(CO)COCCCCCCCC/C=C\CCCCCCC.